The number of fused-ring (bicyclic) bond motifs is 1. The van der Waals surface area contributed by atoms with E-state index in [1.807, 2.05) is 6.07 Å². The summed E-state index contributed by atoms with van der Waals surface area (Å²) in [6.07, 6.45) is 0. The van der Waals surface area contributed by atoms with E-state index in [2.05, 4.69) is 0 Å². The minimum Gasteiger partial charge on any atom is -0.465 e. The molecule has 1 atom stereocenters. The second-order valence-corrected chi connectivity index (χ2v) is 6.45. The maximum absolute atomic E-state index is 13.7. The molecule has 122 valence electrons. The van der Waals surface area contributed by atoms with Crippen LogP contribution in [-0.4, -0.2) is 13.1 Å². The normalized spacial score (nSPS) is 16.2. The van der Waals surface area contributed by atoms with Gasteiger partial charge in [0, 0.05) is 4.88 Å². The van der Waals surface area contributed by atoms with Crippen LogP contribution in [-0.2, 0) is 4.74 Å². The Hall–Kier alpha value is -2.85. The van der Waals surface area contributed by atoms with Gasteiger partial charge in [-0.25, -0.2) is 9.18 Å². The highest BCUT2D eigenvalue weighted by atomic mass is 32.1. The standard InChI is InChI=1S/C17H13FN2O3S/c1-8-12(17(21)22-2)14-15(24-8)13(11(7-19)16(20)23-14)9-4-3-5-10(18)6-9/h3-6,13H,20H2,1-2H3. The van der Waals surface area contributed by atoms with Crippen molar-refractivity contribution in [2.75, 3.05) is 7.11 Å². The van der Waals surface area contributed by atoms with Crippen LogP contribution in [0.1, 0.15) is 31.6 Å². The van der Waals surface area contributed by atoms with E-state index in [1.165, 1.54) is 30.6 Å². The molecule has 0 radical (unpaired) electrons. The average molecular weight is 344 g/mol. The number of aryl methyl sites for hydroxylation is 1. The van der Waals surface area contributed by atoms with Crippen LogP contribution in [0.4, 0.5) is 4.39 Å². The molecule has 2 aromatic rings. The molecule has 0 saturated heterocycles. The van der Waals surface area contributed by atoms with Crippen molar-refractivity contribution >= 4 is 17.3 Å². The van der Waals surface area contributed by atoms with Crippen LogP contribution in [0.2, 0.25) is 0 Å². The number of benzene rings is 1. The number of rotatable bonds is 2. The highest BCUT2D eigenvalue weighted by Gasteiger charge is 2.37. The van der Waals surface area contributed by atoms with Crippen LogP contribution in [0.5, 0.6) is 5.75 Å². The number of nitrogens with zero attached hydrogens (tertiary/aromatic N) is 1. The van der Waals surface area contributed by atoms with Crippen LogP contribution in [0.3, 0.4) is 0 Å². The summed E-state index contributed by atoms with van der Waals surface area (Å²) >= 11 is 1.30. The second-order valence-electron chi connectivity index (χ2n) is 5.20. The van der Waals surface area contributed by atoms with Crippen molar-refractivity contribution in [1.29, 1.82) is 5.26 Å². The number of hydrogen-bond acceptors (Lipinski definition) is 6. The highest BCUT2D eigenvalue weighted by Crippen LogP contribution is 2.49. The number of halogens is 1. The number of thiophene rings is 1. The van der Waals surface area contributed by atoms with Gasteiger partial charge in [0.1, 0.15) is 23.0 Å². The van der Waals surface area contributed by atoms with E-state index < -0.39 is 17.7 Å². The Morgan fingerprint density at radius 1 is 1.50 bits per heavy atom. The Morgan fingerprint density at radius 2 is 2.25 bits per heavy atom. The number of allylic oxidation sites excluding steroid dienone is 1. The fourth-order valence-corrected chi connectivity index (χ4v) is 3.95. The number of carbonyl (C=O) groups excluding carboxylic acids is 1. The summed E-state index contributed by atoms with van der Waals surface area (Å²) in [4.78, 5) is 13.4. The first-order chi connectivity index (χ1) is 11.5. The van der Waals surface area contributed by atoms with Crippen molar-refractivity contribution in [2.45, 2.75) is 12.8 Å². The zero-order chi connectivity index (χ0) is 17.4. The lowest BCUT2D eigenvalue weighted by Crippen LogP contribution is -2.21. The minimum atomic E-state index is -0.587. The summed E-state index contributed by atoms with van der Waals surface area (Å²) in [5.41, 5.74) is 6.91. The smallest absolute Gasteiger partial charge is 0.342 e. The number of esters is 1. The molecule has 1 aromatic carbocycles. The molecular formula is C17H13FN2O3S. The van der Waals surface area contributed by atoms with Gasteiger partial charge in [0.15, 0.2) is 5.75 Å². The topological polar surface area (TPSA) is 85.3 Å². The molecule has 1 aliphatic rings. The van der Waals surface area contributed by atoms with Crippen molar-refractivity contribution in [3.63, 3.8) is 0 Å². The minimum absolute atomic E-state index is 0.0952. The summed E-state index contributed by atoms with van der Waals surface area (Å²) < 4.78 is 24.0. The molecule has 1 aliphatic heterocycles. The fourth-order valence-electron chi connectivity index (χ4n) is 2.74. The molecule has 0 aliphatic carbocycles. The summed E-state index contributed by atoms with van der Waals surface area (Å²) in [5, 5.41) is 9.47. The maximum Gasteiger partial charge on any atom is 0.342 e. The van der Waals surface area contributed by atoms with Gasteiger partial charge in [-0.15, -0.1) is 11.3 Å². The Balaban J connectivity index is 2.26. The van der Waals surface area contributed by atoms with Gasteiger partial charge in [0.2, 0.25) is 5.88 Å². The van der Waals surface area contributed by atoms with Crippen LogP contribution < -0.4 is 10.5 Å². The van der Waals surface area contributed by atoms with Crippen molar-refractivity contribution in [2.24, 2.45) is 5.73 Å². The first-order valence-corrected chi connectivity index (χ1v) is 7.84. The number of hydrogen-bond donors (Lipinski definition) is 1. The Morgan fingerprint density at radius 3 is 2.88 bits per heavy atom. The second kappa shape index (κ2) is 5.98. The van der Waals surface area contributed by atoms with Crippen LogP contribution in [0.25, 0.3) is 0 Å². The number of nitriles is 1. The Kier molecular flexibility index (Phi) is 3.99. The van der Waals surface area contributed by atoms with Crippen molar-refractivity contribution in [1.82, 2.24) is 0 Å². The quantitative estimate of drug-likeness (QED) is 0.846. The van der Waals surface area contributed by atoms with E-state index in [-0.39, 0.29) is 22.8 Å². The van der Waals surface area contributed by atoms with Crippen molar-refractivity contribution in [3.05, 3.63) is 62.4 Å². The molecular weight excluding hydrogens is 331 g/mol. The van der Waals surface area contributed by atoms with E-state index >= 15 is 0 Å². The fraction of sp³-hybridized carbons (Fsp3) is 0.176. The van der Waals surface area contributed by atoms with Gasteiger partial charge < -0.3 is 15.2 Å². The lowest BCUT2D eigenvalue weighted by atomic mass is 9.88. The zero-order valence-electron chi connectivity index (χ0n) is 12.9. The van der Waals surface area contributed by atoms with Gasteiger partial charge in [-0.2, -0.15) is 5.26 Å². The van der Waals surface area contributed by atoms with Gasteiger partial charge in [-0.05, 0) is 24.6 Å². The van der Waals surface area contributed by atoms with Crippen LogP contribution >= 0.6 is 11.3 Å². The molecule has 5 nitrogen and oxygen atoms in total. The molecule has 24 heavy (non-hydrogen) atoms. The SMILES string of the molecule is COC(=O)c1c(C)sc2c1OC(N)=C(C#N)C2c1cccc(F)c1. The van der Waals surface area contributed by atoms with Gasteiger partial charge >= 0.3 is 5.97 Å². The molecule has 0 spiro atoms. The van der Waals surface area contributed by atoms with E-state index in [0.717, 1.165) is 0 Å². The van der Waals surface area contributed by atoms with E-state index in [9.17, 15) is 14.4 Å². The summed E-state index contributed by atoms with van der Waals surface area (Å²) in [5.74, 6) is -1.37. The van der Waals surface area contributed by atoms with Gasteiger partial charge in [0.25, 0.3) is 0 Å². The Labute approximate surface area is 141 Å². The third-order valence-corrected chi connectivity index (χ3v) is 4.94. The van der Waals surface area contributed by atoms with Gasteiger partial charge in [-0.1, -0.05) is 12.1 Å². The Bertz CT molecular complexity index is 911. The maximum atomic E-state index is 13.7. The third kappa shape index (κ3) is 2.41. The lowest BCUT2D eigenvalue weighted by molar-refractivity contribution is 0.0597. The average Bonchev–Trinajstić information content (AvgIpc) is 2.88. The summed E-state index contributed by atoms with van der Waals surface area (Å²) in [7, 11) is 1.28. The van der Waals surface area contributed by atoms with E-state index in [4.69, 9.17) is 15.2 Å². The number of nitrogens with two attached hydrogens (primary N) is 1. The van der Waals surface area contributed by atoms with Crippen LogP contribution in [0.15, 0.2) is 35.7 Å². The summed E-state index contributed by atoms with van der Waals surface area (Å²) in [6, 6.07) is 7.97. The first-order valence-electron chi connectivity index (χ1n) is 7.02. The molecule has 2 N–H and O–H groups in total. The predicted octanol–water partition coefficient (Wildman–Crippen LogP) is 3.20. The van der Waals surface area contributed by atoms with E-state index in [0.29, 0.717) is 15.3 Å². The highest BCUT2D eigenvalue weighted by molar-refractivity contribution is 7.12. The first kappa shape index (κ1) is 16.0. The lowest BCUT2D eigenvalue weighted by Gasteiger charge is -2.24. The zero-order valence-corrected chi connectivity index (χ0v) is 13.7. The summed E-state index contributed by atoms with van der Waals surface area (Å²) in [6.45, 7) is 1.75. The molecule has 3 rings (SSSR count). The van der Waals surface area contributed by atoms with Crippen molar-refractivity contribution < 1.29 is 18.7 Å². The molecule has 1 unspecified atom stereocenters. The molecule has 7 heteroatoms. The van der Waals surface area contributed by atoms with E-state index in [1.54, 1.807) is 19.1 Å². The van der Waals surface area contributed by atoms with Gasteiger partial charge in [-0.3, -0.25) is 0 Å². The van der Waals surface area contributed by atoms with Gasteiger partial charge in [0.05, 0.1) is 17.9 Å². The monoisotopic (exact) mass is 344 g/mol. The number of methoxy groups -OCH3 is 1. The molecule has 0 saturated carbocycles. The molecule has 2 heterocycles. The third-order valence-electron chi connectivity index (χ3n) is 3.79. The molecule has 0 amide bonds. The number of carbonyl (C=O) groups is 1. The largest absolute Gasteiger partial charge is 0.465 e. The molecule has 1 aromatic heterocycles. The predicted molar refractivity (Wildman–Crippen MR) is 86.1 cm³/mol. The molecule has 0 fully saturated rings. The van der Waals surface area contributed by atoms with Crippen LogP contribution in [0, 0.1) is 24.1 Å². The molecule has 0 bridgehead atoms. The number of ether oxygens (including phenoxy) is 2. The van der Waals surface area contributed by atoms with Crippen molar-refractivity contribution in [3.8, 4) is 11.8 Å².